The van der Waals surface area contributed by atoms with Crippen LogP contribution in [-0.2, 0) is 0 Å². The van der Waals surface area contributed by atoms with E-state index in [0.29, 0.717) is 22.8 Å². The van der Waals surface area contributed by atoms with Crippen LogP contribution in [0.3, 0.4) is 0 Å². The number of pyridine rings is 1. The predicted molar refractivity (Wildman–Crippen MR) is 64.4 cm³/mol. The summed E-state index contributed by atoms with van der Waals surface area (Å²) in [6.07, 6.45) is 1.65. The number of aromatic nitrogens is 1. The van der Waals surface area contributed by atoms with Crippen molar-refractivity contribution in [1.29, 1.82) is 0 Å². The van der Waals surface area contributed by atoms with Crippen molar-refractivity contribution in [2.75, 3.05) is 14.2 Å². The molecule has 0 aliphatic carbocycles. The Labute approximate surface area is 99.5 Å². The molecule has 1 aromatic carbocycles. The molecule has 17 heavy (non-hydrogen) atoms. The van der Waals surface area contributed by atoms with Crippen LogP contribution in [0.2, 0.25) is 0 Å². The van der Waals surface area contributed by atoms with Gasteiger partial charge in [0.15, 0.2) is 0 Å². The standard InChI is InChI=1S/C13H13NO3/c1-16-9-5-6-11(15)10(8-9)13-12(17-2)4-3-7-14-13/h3-8,15H,1-2H3. The number of methoxy groups -OCH3 is 2. The summed E-state index contributed by atoms with van der Waals surface area (Å²) in [5.41, 5.74) is 1.17. The summed E-state index contributed by atoms with van der Waals surface area (Å²) < 4.78 is 10.3. The average Bonchev–Trinajstić information content (AvgIpc) is 2.39. The molecule has 1 N–H and O–H groups in total. The Balaban J connectivity index is 2.59. The van der Waals surface area contributed by atoms with E-state index in [9.17, 15) is 5.11 Å². The fourth-order valence-corrected chi connectivity index (χ4v) is 1.59. The largest absolute Gasteiger partial charge is 0.507 e. The Morgan fingerprint density at radius 1 is 1.12 bits per heavy atom. The SMILES string of the molecule is COc1ccc(O)c(-c2ncccc2OC)c1. The van der Waals surface area contributed by atoms with Crippen LogP contribution >= 0.6 is 0 Å². The van der Waals surface area contributed by atoms with Gasteiger partial charge in [0.25, 0.3) is 0 Å². The molecular formula is C13H13NO3. The number of phenols is 1. The van der Waals surface area contributed by atoms with Crippen molar-refractivity contribution in [1.82, 2.24) is 4.98 Å². The highest BCUT2D eigenvalue weighted by atomic mass is 16.5. The lowest BCUT2D eigenvalue weighted by Gasteiger charge is -2.10. The molecule has 1 heterocycles. The summed E-state index contributed by atoms with van der Waals surface area (Å²) in [7, 11) is 3.14. The van der Waals surface area contributed by atoms with Gasteiger partial charge < -0.3 is 14.6 Å². The third kappa shape index (κ3) is 2.15. The van der Waals surface area contributed by atoms with Crippen molar-refractivity contribution < 1.29 is 14.6 Å². The Hall–Kier alpha value is -2.23. The second-order valence-corrected chi connectivity index (χ2v) is 3.44. The lowest BCUT2D eigenvalue weighted by atomic mass is 10.1. The third-order valence-corrected chi connectivity index (χ3v) is 2.45. The molecule has 0 fully saturated rings. The van der Waals surface area contributed by atoms with E-state index in [2.05, 4.69) is 4.98 Å². The van der Waals surface area contributed by atoms with Crippen molar-refractivity contribution in [3.8, 4) is 28.5 Å². The van der Waals surface area contributed by atoms with Gasteiger partial charge in [0.2, 0.25) is 0 Å². The van der Waals surface area contributed by atoms with E-state index in [1.165, 1.54) is 0 Å². The highest BCUT2D eigenvalue weighted by Gasteiger charge is 2.12. The zero-order valence-corrected chi connectivity index (χ0v) is 9.68. The molecule has 0 atom stereocenters. The minimum Gasteiger partial charge on any atom is -0.507 e. The van der Waals surface area contributed by atoms with Crippen LogP contribution in [0.25, 0.3) is 11.3 Å². The van der Waals surface area contributed by atoms with Gasteiger partial charge in [-0.15, -0.1) is 0 Å². The van der Waals surface area contributed by atoms with E-state index in [-0.39, 0.29) is 5.75 Å². The quantitative estimate of drug-likeness (QED) is 0.881. The zero-order valence-electron chi connectivity index (χ0n) is 9.68. The molecule has 0 unspecified atom stereocenters. The van der Waals surface area contributed by atoms with Gasteiger partial charge in [0, 0.05) is 11.8 Å². The second-order valence-electron chi connectivity index (χ2n) is 3.44. The molecule has 2 aromatic rings. The van der Waals surface area contributed by atoms with Gasteiger partial charge in [-0.05, 0) is 30.3 Å². The van der Waals surface area contributed by atoms with Gasteiger partial charge in [-0.2, -0.15) is 0 Å². The molecule has 0 aliphatic rings. The molecule has 0 amide bonds. The molecule has 0 radical (unpaired) electrons. The summed E-state index contributed by atoms with van der Waals surface area (Å²) in [5, 5.41) is 9.85. The molecule has 0 saturated heterocycles. The smallest absolute Gasteiger partial charge is 0.145 e. The number of nitrogens with zero attached hydrogens (tertiary/aromatic N) is 1. The number of hydrogen-bond acceptors (Lipinski definition) is 4. The van der Waals surface area contributed by atoms with Crippen LogP contribution < -0.4 is 9.47 Å². The maximum atomic E-state index is 9.85. The van der Waals surface area contributed by atoms with E-state index in [1.54, 1.807) is 50.7 Å². The number of ether oxygens (including phenoxy) is 2. The van der Waals surface area contributed by atoms with Crippen LogP contribution in [0.15, 0.2) is 36.5 Å². The molecule has 0 spiro atoms. The second kappa shape index (κ2) is 4.74. The van der Waals surface area contributed by atoms with Crippen molar-refractivity contribution in [2.24, 2.45) is 0 Å². The average molecular weight is 231 g/mol. The number of benzene rings is 1. The van der Waals surface area contributed by atoms with Gasteiger partial charge in [0.05, 0.1) is 14.2 Å². The minimum absolute atomic E-state index is 0.141. The number of rotatable bonds is 3. The van der Waals surface area contributed by atoms with Gasteiger partial charge in [-0.25, -0.2) is 0 Å². The highest BCUT2D eigenvalue weighted by molar-refractivity contribution is 5.73. The third-order valence-electron chi connectivity index (χ3n) is 2.45. The molecule has 1 aromatic heterocycles. The maximum absolute atomic E-state index is 9.85. The van der Waals surface area contributed by atoms with Crippen LogP contribution in [-0.4, -0.2) is 24.3 Å². The van der Waals surface area contributed by atoms with E-state index in [1.807, 2.05) is 0 Å². The van der Waals surface area contributed by atoms with E-state index in [4.69, 9.17) is 9.47 Å². The fraction of sp³-hybridized carbons (Fsp3) is 0.154. The van der Waals surface area contributed by atoms with Crippen LogP contribution in [0, 0.1) is 0 Å². The lowest BCUT2D eigenvalue weighted by molar-refractivity contribution is 0.410. The summed E-state index contributed by atoms with van der Waals surface area (Å²) >= 11 is 0. The summed E-state index contributed by atoms with van der Waals surface area (Å²) in [4.78, 5) is 4.22. The molecular weight excluding hydrogens is 218 g/mol. The van der Waals surface area contributed by atoms with Crippen molar-refractivity contribution in [3.05, 3.63) is 36.5 Å². The van der Waals surface area contributed by atoms with Crippen molar-refractivity contribution >= 4 is 0 Å². The number of hydrogen-bond donors (Lipinski definition) is 1. The predicted octanol–water partition coefficient (Wildman–Crippen LogP) is 2.47. The first-order valence-electron chi connectivity index (χ1n) is 5.12. The molecule has 4 nitrogen and oxygen atoms in total. The maximum Gasteiger partial charge on any atom is 0.145 e. The van der Waals surface area contributed by atoms with Gasteiger partial charge >= 0.3 is 0 Å². The Morgan fingerprint density at radius 3 is 2.65 bits per heavy atom. The Bertz CT molecular complexity index is 526. The minimum atomic E-state index is 0.141. The van der Waals surface area contributed by atoms with Gasteiger partial charge in [-0.1, -0.05) is 0 Å². The van der Waals surface area contributed by atoms with E-state index in [0.717, 1.165) is 0 Å². The number of aromatic hydroxyl groups is 1. The monoisotopic (exact) mass is 231 g/mol. The molecule has 0 aliphatic heterocycles. The fourth-order valence-electron chi connectivity index (χ4n) is 1.59. The zero-order chi connectivity index (χ0) is 12.3. The van der Waals surface area contributed by atoms with Gasteiger partial charge in [0.1, 0.15) is 22.9 Å². The molecule has 0 bridgehead atoms. The molecule has 88 valence electrons. The highest BCUT2D eigenvalue weighted by Crippen LogP contribution is 2.36. The van der Waals surface area contributed by atoms with E-state index >= 15 is 0 Å². The molecule has 4 heteroatoms. The van der Waals surface area contributed by atoms with Crippen molar-refractivity contribution in [3.63, 3.8) is 0 Å². The Kier molecular flexibility index (Phi) is 3.14. The lowest BCUT2D eigenvalue weighted by Crippen LogP contribution is -1.92. The van der Waals surface area contributed by atoms with Crippen molar-refractivity contribution in [2.45, 2.75) is 0 Å². The molecule has 0 saturated carbocycles. The summed E-state index contributed by atoms with van der Waals surface area (Å²) in [6, 6.07) is 8.55. The summed E-state index contributed by atoms with van der Waals surface area (Å²) in [5.74, 6) is 1.41. The van der Waals surface area contributed by atoms with Crippen LogP contribution in [0.1, 0.15) is 0 Å². The molecule has 2 rings (SSSR count). The van der Waals surface area contributed by atoms with E-state index < -0.39 is 0 Å². The topological polar surface area (TPSA) is 51.6 Å². The first kappa shape index (κ1) is 11.3. The Morgan fingerprint density at radius 2 is 1.94 bits per heavy atom. The first-order valence-corrected chi connectivity index (χ1v) is 5.12. The van der Waals surface area contributed by atoms with Crippen LogP contribution in [0.5, 0.6) is 17.2 Å². The summed E-state index contributed by atoms with van der Waals surface area (Å²) in [6.45, 7) is 0. The van der Waals surface area contributed by atoms with Crippen LogP contribution in [0.4, 0.5) is 0 Å². The normalized spacial score (nSPS) is 10.0. The number of phenolic OH excluding ortho intramolecular Hbond substituents is 1. The first-order chi connectivity index (χ1) is 8.26. The van der Waals surface area contributed by atoms with Gasteiger partial charge in [-0.3, -0.25) is 4.98 Å².